The third-order valence-corrected chi connectivity index (χ3v) is 8.55. The summed E-state index contributed by atoms with van der Waals surface area (Å²) in [5.74, 6) is 0.456. The molecular formula is C28H39N3O7S. The first kappa shape index (κ1) is 30.4. The molecule has 214 valence electrons. The van der Waals surface area contributed by atoms with Crippen LogP contribution in [-0.2, 0) is 26.0 Å². The van der Waals surface area contributed by atoms with E-state index in [1.54, 1.807) is 12.1 Å². The maximum absolute atomic E-state index is 13.6. The third kappa shape index (κ3) is 9.22. The average molecular weight is 562 g/mol. The van der Waals surface area contributed by atoms with Crippen molar-refractivity contribution in [1.29, 1.82) is 0 Å². The zero-order valence-corrected chi connectivity index (χ0v) is 23.4. The van der Waals surface area contributed by atoms with E-state index in [-0.39, 0.29) is 43.0 Å². The number of nitrogens with zero attached hydrogens (tertiary/aromatic N) is 1. The lowest BCUT2D eigenvalue weighted by molar-refractivity contribution is -0.119. The second kappa shape index (κ2) is 14.9. The van der Waals surface area contributed by atoms with Gasteiger partial charge in [0, 0.05) is 19.5 Å². The molecule has 1 heterocycles. The Morgan fingerprint density at radius 1 is 1.15 bits per heavy atom. The molecule has 2 aromatic carbocycles. The quantitative estimate of drug-likeness (QED) is 0.285. The fourth-order valence-corrected chi connectivity index (χ4v) is 5.90. The molecule has 0 aliphatic carbocycles. The van der Waals surface area contributed by atoms with Crippen LogP contribution in [0.3, 0.4) is 0 Å². The van der Waals surface area contributed by atoms with E-state index in [1.807, 2.05) is 37.3 Å². The van der Waals surface area contributed by atoms with Gasteiger partial charge in [-0.25, -0.2) is 13.2 Å². The maximum Gasteiger partial charge on any atom is 0.407 e. The number of nitrogens with one attached hydrogen (secondary N) is 2. The molecule has 0 bridgehead atoms. The minimum Gasteiger partial charge on any atom is -0.497 e. The summed E-state index contributed by atoms with van der Waals surface area (Å²) in [5, 5.41) is 16.8. The van der Waals surface area contributed by atoms with Crippen LogP contribution in [0, 0.1) is 0 Å². The first-order valence-corrected chi connectivity index (χ1v) is 14.8. The Bertz CT molecular complexity index is 1160. The van der Waals surface area contributed by atoms with Gasteiger partial charge in [-0.1, -0.05) is 50.1 Å². The standard InChI is InChI=1S/C28H39N3O7S/c1-3-4-8-17-31(39(35,36)24-14-12-23(37-2)13-15-24)19-26(32)25(18-21-9-6-5-7-10-21)30-28(34)38-20-22-11-16-27(33)29-22/h5-7,9-10,12-15,22,25-26,32H,3-4,8,11,16-20H2,1-2H3,(H,29,33)(H,30,34)/t22-,25-,26+/m0/s1. The van der Waals surface area contributed by atoms with Crippen LogP contribution in [0.2, 0.25) is 0 Å². The summed E-state index contributed by atoms with van der Waals surface area (Å²) >= 11 is 0. The topological polar surface area (TPSA) is 134 Å². The minimum absolute atomic E-state index is 0.0146. The highest BCUT2D eigenvalue weighted by Crippen LogP contribution is 2.21. The highest BCUT2D eigenvalue weighted by Gasteiger charge is 2.31. The monoisotopic (exact) mass is 561 g/mol. The number of hydrogen-bond acceptors (Lipinski definition) is 7. The van der Waals surface area contributed by atoms with Crippen molar-refractivity contribution in [1.82, 2.24) is 14.9 Å². The van der Waals surface area contributed by atoms with Gasteiger partial charge in [-0.3, -0.25) is 4.79 Å². The summed E-state index contributed by atoms with van der Waals surface area (Å²) in [7, 11) is -2.42. The molecule has 0 spiro atoms. The maximum atomic E-state index is 13.6. The van der Waals surface area contributed by atoms with Crippen molar-refractivity contribution in [3.8, 4) is 5.75 Å². The van der Waals surface area contributed by atoms with Gasteiger partial charge in [0.2, 0.25) is 15.9 Å². The van der Waals surface area contributed by atoms with Gasteiger partial charge in [0.25, 0.3) is 0 Å². The molecule has 1 aliphatic heterocycles. The van der Waals surface area contributed by atoms with Crippen molar-refractivity contribution in [2.75, 3.05) is 26.8 Å². The molecule has 2 amide bonds. The van der Waals surface area contributed by atoms with Crippen molar-refractivity contribution in [2.45, 2.75) is 68.5 Å². The summed E-state index contributed by atoms with van der Waals surface area (Å²) < 4.78 is 38.9. The number of aliphatic hydroxyl groups is 1. The van der Waals surface area contributed by atoms with Gasteiger partial charge in [0.1, 0.15) is 12.4 Å². The molecule has 1 fully saturated rings. The van der Waals surface area contributed by atoms with E-state index in [1.165, 1.54) is 23.5 Å². The summed E-state index contributed by atoms with van der Waals surface area (Å²) in [6, 6.07) is 14.4. The van der Waals surface area contributed by atoms with E-state index in [9.17, 15) is 23.1 Å². The van der Waals surface area contributed by atoms with Crippen LogP contribution in [-0.4, -0.2) is 74.8 Å². The number of methoxy groups -OCH3 is 1. The minimum atomic E-state index is -3.93. The first-order chi connectivity index (χ1) is 18.7. The zero-order chi connectivity index (χ0) is 28.3. The van der Waals surface area contributed by atoms with Crippen LogP contribution in [0.1, 0.15) is 44.6 Å². The molecule has 3 N–H and O–H groups in total. The Labute approximate surface area is 230 Å². The summed E-state index contributed by atoms with van der Waals surface area (Å²) in [6.07, 6.45) is 1.64. The van der Waals surface area contributed by atoms with Crippen LogP contribution in [0.15, 0.2) is 59.5 Å². The SMILES string of the molecule is CCCCCN(C[C@@H](O)[C@H](Cc1ccccc1)NC(=O)OC[C@@H]1CCC(=O)N1)S(=O)(=O)c1ccc(OC)cc1. The van der Waals surface area contributed by atoms with E-state index in [0.717, 1.165) is 18.4 Å². The molecule has 10 nitrogen and oxygen atoms in total. The number of rotatable bonds is 15. The summed E-state index contributed by atoms with van der Waals surface area (Å²) in [5.41, 5.74) is 0.862. The third-order valence-electron chi connectivity index (χ3n) is 6.67. The number of benzene rings is 2. The van der Waals surface area contributed by atoms with Gasteiger partial charge in [-0.15, -0.1) is 0 Å². The van der Waals surface area contributed by atoms with Gasteiger partial charge in [0.05, 0.1) is 30.2 Å². The smallest absolute Gasteiger partial charge is 0.407 e. The fourth-order valence-electron chi connectivity index (χ4n) is 4.40. The molecule has 1 saturated heterocycles. The number of alkyl carbamates (subject to hydrolysis) is 1. The number of carbonyl (C=O) groups is 2. The van der Waals surface area contributed by atoms with Crippen molar-refractivity contribution < 1.29 is 32.6 Å². The predicted molar refractivity (Wildman–Crippen MR) is 147 cm³/mol. The van der Waals surface area contributed by atoms with E-state index in [4.69, 9.17) is 9.47 Å². The number of ether oxygens (including phenoxy) is 2. The Balaban J connectivity index is 1.76. The molecule has 2 aromatic rings. The molecule has 0 aromatic heterocycles. The Kier molecular flexibility index (Phi) is 11.6. The molecule has 3 atom stereocenters. The average Bonchev–Trinajstić information content (AvgIpc) is 3.36. The molecule has 1 aliphatic rings. The van der Waals surface area contributed by atoms with E-state index >= 15 is 0 Å². The summed E-state index contributed by atoms with van der Waals surface area (Å²) in [6.45, 7) is 2.05. The second-order valence-corrected chi connectivity index (χ2v) is 11.6. The second-order valence-electron chi connectivity index (χ2n) is 9.66. The largest absolute Gasteiger partial charge is 0.497 e. The molecule has 3 rings (SSSR count). The van der Waals surface area contributed by atoms with Gasteiger partial charge < -0.3 is 25.2 Å². The van der Waals surface area contributed by atoms with Crippen molar-refractivity contribution >= 4 is 22.0 Å². The number of aliphatic hydroxyl groups excluding tert-OH is 1. The number of unbranched alkanes of at least 4 members (excludes halogenated alkanes) is 2. The van der Waals surface area contributed by atoms with Crippen LogP contribution < -0.4 is 15.4 Å². The van der Waals surface area contributed by atoms with Gasteiger partial charge >= 0.3 is 6.09 Å². The Hall–Kier alpha value is -3.15. The molecule has 11 heteroatoms. The first-order valence-electron chi connectivity index (χ1n) is 13.3. The van der Waals surface area contributed by atoms with Crippen molar-refractivity contribution in [3.63, 3.8) is 0 Å². The number of hydrogen-bond donors (Lipinski definition) is 3. The normalized spacial score (nSPS) is 16.9. The van der Waals surface area contributed by atoms with Crippen molar-refractivity contribution in [2.24, 2.45) is 0 Å². The molecule has 0 unspecified atom stereocenters. The molecular weight excluding hydrogens is 522 g/mol. The van der Waals surface area contributed by atoms with Crippen LogP contribution in [0.4, 0.5) is 4.79 Å². The van der Waals surface area contributed by atoms with Crippen LogP contribution >= 0.6 is 0 Å². The molecule has 0 radical (unpaired) electrons. The summed E-state index contributed by atoms with van der Waals surface area (Å²) in [4.78, 5) is 24.2. The highest BCUT2D eigenvalue weighted by molar-refractivity contribution is 7.89. The van der Waals surface area contributed by atoms with Crippen molar-refractivity contribution in [3.05, 3.63) is 60.2 Å². The Morgan fingerprint density at radius 2 is 1.87 bits per heavy atom. The van der Waals surface area contributed by atoms with E-state index in [2.05, 4.69) is 10.6 Å². The predicted octanol–water partition coefficient (Wildman–Crippen LogP) is 2.85. The van der Waals surface area contributed by atoms with Gasteiger partial charge in [-0.2, -0.15) is 4.31 Å². The van der Waals surface area contributed by atoms with Gasteiger partial charge in [-0.05, 0) is 49.1 Å². The van der Waals surface area contributed by atoms with E-state index < -0.39 is 28.3 Å². The number of sulfonamides is 1. The van der Waals surface area contributed by atoms with E-state index in [0.29, 0.717) is 25.0 Å². The Morgan fingerprint density at radius 3 is 2.49 bits per heavy atom. The van der Waals surface area contributed by atoms with Gasteiger partial charge in [0.15, 0.2) is 0 Å². The lowest BCUT2D eigenvalue weighted by atomic mass is 10.0. The molecule has 39 heavy (non-hydrogen) atoms. The lowest BCUT2D eigenvalue weighted by Crippen LogP contribution is -2.51. The lowest BCUT2D eigenvalue weighted by Gasteiger charge is -2.30. The number of carbonyl (C=O) groups excluding carboxylic acids is 2. The van der Waals surface area contributed by atoms with Crippen LogP contribution in [0.25, 0.3) is 0 Å². The number of amides is 2. The zero-order valence-electron chi connectivity index (χ0n) is 22.5. The fraction of sp³-hybridized carbons (Fsp3) is 0.500. The molecule has 0 saturated carbocycles. The van der Waals surface area contributed by atoms with Crippen LogP contribution in [0.5, 0.6) is 5.75 Å². The highest BCUT2D eigenvalue weighted by atomic mass is 32.2.